The van der Waals surface area contributed by atoms with Crippen LogP contribution in [0.25, 0.3) is 0 Å². The molecule has 0 fully saturated rings. The van der Waals surface area contributed by atoms with Crippen molar-refractivity contribution in [1.82, 2.24) is 5.43 Å². The van der Waals surface area contributed by atoms with Gasteiger partial charge in [-0.05, 0) is 60.2 Å². The molecule has 0 bridgehead atoms. The van der Waals surface area contributed by atoms with Crippen molar-refractivity contribution in [3.05, 3.63) is 100 Å². The zero-order valence-corrected chi connectivity index (χ0v) is 15.3. The van der Waals surface area contributed by atoms with Gasteiger partial charge < -0.3 is 5.32 Å². The van der Waals surface area contributed by atoms with Crippen LogP contribution in [0.3, 0.4) is 0 Å². The lowest BCUT2D eigenvalue weighted by Gasteiger charge is -2.07. The maximum atomic E-state index is 13.0. The van der Waals surface area contributed by atoms with Crippen LogP contribution in [0.4, 0.5) is 10.1 Å². The number of carbonyl (C=O) groups is 2. The highest BCUT2D eigenvalue weighted by atomic mass is 35.5. The van der Waals surface area contributed by atoms with Crippen molar-refractivity contribution in [2.24, 2.45) is 5.10 Å². The van der Waals surface area contributed by atoms with Gasteiger partial charge in [-0.1, -0.05) is 29.8 Å². The van der Waals surface area contributed by atoms with Gasteiger partial charge in [-0.2, -0.15) is 5.10 Å². The maximum Gasteiger partial charge on any atom is 0.271 e. The zero-order chi connectivity index (χ0) is 19.9. The standard InChI is InChI=1S/C21H15ClFN3O2/c22-17-5-1-3-14(11-17)13-24-26-21(28)16-4-2-6-19(12-16)25-20(27)15-7-9-18(23)10-8-15/h1-13H,(H,25,27)(H,26,28)/b24-13-. The van der Waals surface area contributed by atoms with Crippen LogP contribution in [0.1, 0.15) is 26.3 Å². The van der Waals surface area contributed by atoms with Crippen molar-refractivity contribution in [3.63, 3.8) is 0 Å². The molecule has 28 heavy (non-hydrogen) atoms. The molecular formula is C21H15ClFN3O2. The first-order chi connectivity index (χ1) is 13.5. The van der Waals surface area contributed by atoms with Gasteiger partial charge in [-0.15, -0.1) is 0 Å². The minimum absolute atomic E-state index is 0.308. The molecule has 3 aromatic carbocycles. The van der Waals surface area contributed by atoms with Crippen molar-refractivity contribution in [3.8, 4) is 0 Å². The van der Waals surface area contributed by atoms with Crippen LogP contribution in [0.5, 0.6) is 0 Å². The first-order valence-electron chi connectivity index (χ1n) is 8.27. The van der Waals surface area contributed by atoms with Crippen molar-refractivity contribution in [2.75, 3.05) is 5.32 Å². The number of anilines is 1. The largest absolute Gasteiger partial charge is 0.322 e. The molecule has 0 unspecified atom stereocenters. The van der Waals surface area contributed by atoms with E-state index >= 15 is 0 Å². The van der Waals surface area contributed by atoms with Gasteiger partial charge in [0.1, 0.15) is 5.82 Å². The van der Waals surface area contributed by atoms with E-state index in [4.69, 9.17) is 11.6 Å². The molecule has 0 heterocycles. The number of amides is 2. The summed E-state index contributed by atoms with van der Waals surface area (Å²) in [5.74, 6) is -1.26. The lowest BCUT2D eigenvalue weighted by Crippen LogP contribution is -2.18. The predicted molar refractivity (Wildman–Crippen MR) is 107 cm³/mol. The minimum Gasteiger partial charge on any atom is -0.322 e. The molecule has 2 N–H and O–H groups in total. The number of rotatable bonds is 5. The Balaban J connectivity index is 1.64. The lowest BCUT2D eigenvalue weighted by atomic mass is 10.1. The average Bonchev–Trinajstić information content (AvgIpc) is 2.68. The Morgan fingerprint density at radius 3 is 2.39 bits per heavy atom. The molecular weight excluding hydrogens is 381 g/mol. The van der Waals surface area contributed by atoms with Crippen LogP contribution in [-0.2, 0) is 0 Å². The SMILES string of the molecule is O=C(N/N=C\c1cccc(Cl)c1)c1cccc(NC(=O)c2ccc(F)cc2)c1. The molecule has 7 heteroatoms. The van der Waals surface area contributed by atoms with Gasteiger partial charge in [-0.3, -0.25) is 9.59 Å². The fourth-order valence-electron chi connectivity index (χ4n) is 2.36. The smallest absolute Gasteiger partial charge is 0.271 e. The molecule has 0 atom stereocenters. The third kappa shape index (κ3) is 5.25. The van der Waals surface area contributed by atoms with E-state index in [1.165, 1.54) is 36.5 Å². The molecule has 0 spiro atoms. The second-order valence-corrected chi connectivity index (χ2v) is 6.23. The molecule has 0 aliphatic heterocycles. The quantitative estimate of drug-likeness (QED) is 0.493. The van der Waals surface area contributed by atoms with E-state index in [9.17, 15) is 14.0 Å². The fourth-order valence-corrected chi connectivity index (χ4v) is 2.56. The number of carbonyl (C=O) groups excluding carboxylic acids is 2. The Hall–Kier alpha value is -3.51. The van der Waals surface area contributed by atoms with Gasteiger partial charge in [-0.25, -0.2) is 9.82 Å². The third-order valence-corrected chi connectivity index (χ3v) is 3.95. The van der Waals surface area contributed by atoms with Gasteiger partial charge in [0.2, 0.25) is 0 Å². The van der Waals surface area contributed by atoms with E-state index in [-0.39, 0.29) is 0 Å². The minimum atomic E-state index is -0.434. The number of nitrogens with zero attached hydrogens (tertiary/aromatic N) is 1. The molecule has 5 nitrogen and oxygen atoms in total. The number of nitrogens with one attached hydrogen (secondary N) is 2. The third-order valence-electron chi connectivity index (χ3n) is 3.72. The summed E-state index contributed by atoms with van der Waals surface area (Å²) in [6.45, 7) is 0. The molecule has 0 saturated heterocycles. The molecule has 3 aromatic rings. The van der Waals surface area contributed by atoms with Crippen LogP contribution in [0, 0.1) is 5.82 Å². The van der Waals surface area contributed by atoms with Crippen LogP contribution >= 0.6 is 11.6 Å². The van der Waals surface area contributed by atoms with Crippen molar-refractivity contribution >= 4 is 35.3 Å². The Morgan fingerprint density at radius 2 is 1.64 bits per heavy atom. The number of benzene rings is 3. The molecule has 0 saturated carbocycles. The second kappa shape index (κ2) is 8.92. The average molecular weight is 396 g/mol. The molecule has 140 valence electrons. The lowest BCUT2D eigenvalue weighted by molar-refractivity contribution is 0.0953. The maximum absolute atomic E-state index is 13.0. The van der Waals surface area contributed by atoms with Gasteiger partial charge in [0.05, 0.1) is 6.21 Å². The second-order valence-electron chi connectivity index (χ2n) is 5.80. The summed E-state index contributed by atoms with van der Waals surface area (Å²) in [6, 6.07) is 18.6. The summed E-state index contributed by atoms with van der Waals surface area (Å²) in [7, 11) is 0. The Bertz CT molecular complexity index is 1040. The van der Waals surface area contributed by atoms with E-state index in [1.54, 1.807) is 42.5 Å². The Kier molecular flexibility index (Phi) is 6.14. The molecule has 0 aliphatic carbocycles. The summed E-state index contributed by atoms with van der Waals surface area (Å²) in [5.41, 5.74) is 4.22. The van der Waals surface area contributed by atoms with E-state index in [2.05, 4.69) is 15.8 Å². The highest BCUT2D eigenvalue weighted by Gasteiger charge is 2.09. The van der Waals surface area contributed by atoms with Crippen LogP contribution in [0.15, 0.2) is 77.9 Å². The topological polar surface area (TPSA) is 70.6 Å². The normalized spacial score (nSPS) is 10.6. The molecule has 3 rings (SSSR count). The number of halogens is 2. The molecule has 2 amide bonds. The summed E-state index contributed by atoms with van der Waals surface area (Å²) >= 11 is 5.89. The first-order valence-corrected chi connectivity index (χ1v) is 8.65. The van der Waals surface area contributed by atoms with Crippen LogP contribution in [-0.4, -0.2) is 18.0 Å². The van der Waals surface area contributed by atoms with Crippen LogP contribution in [0.2, 0.25) is 5.02 Å². The highest BCUT2D eigenvalue weighted by Crippen LogP contribution is 2.13. The van der Waals surface area contributed by atoms with Gasteiger partial charge in [0.25, 0.3) is 11.8 Å². The Labute approximate surface area is 165 Å². The van der Waals surface area contributed by atoms with Gasteiger partial charge >= 0.3 is 0 Å². The van der Waals surface area contributed by atoms with Crippen molar-refractivity contribution in [1.29, 1.82) is 0 Å². The van der Waals surface area contributed by atoms with Gasteiger partial charge in [0, 0.05) is 21.8 Å². The van der Waals surface area contributed by atoms with Gasteiger partial charge in [0.15, 0.2) is 0 Å². The van der Waals surface area contributed by atoms with E-state index in [1.807, 2.05) is 0 Å². The Morgan fingerprint density at radius 1 is 0.893 bits per heavy atom. The summed E-state index contributed by atoms with van der Waals surface area (Å²) < 4.78 is 13.0. The molecule has 0 aromatic heterocycles. The summed E-state index contributed by atoms with van der Waals surface area (Å²) in [6.07, 6.45) is 1.48. The van der Waals surface area contributed by atoms with Crippen LogP contribution < -0.4 is 10.7 Å². The van der Waals surface area contributed by atoms with E-state index in [0.29, 0.717) is 21.8 Å². The zero-order valence-electron chi connectivity index (χ0n) is 14.5. The first kappa shape index (κ1) is 19.3. The number of hydrazone groups is 1. The fraction of sp³-hybridized carbons (Fsp3) is 0. The molecule has 0 radical (unpaired) electrons. The van der Waals surface area contributed by atoms with E-state index in [0.717, 1.165) is 5.56 Å². The number of hydrogen-bond donors (Lipinski definition) is 2. The van der Waals surface area contributed by atoms with Crippen molar-refractivity contribution in [2.45, 2.75) is 0 Å². The molecule has 0 aliphatic rings. The number of hydrogen-bond acceptors (Lipinski definition) is 3. The highest BCUT2D eigenvalue weighted by molar-refractivity contribution is 6.30. The summed E-state index contributed by atoms with van der Waals surface area (Å²) in [4.78, 5) is 24.4. The predicted octanol–water partition coefficient (Wildman–Crippen LogP) is 4.50. The monoisotopic (exact) mass is 395 g/mol. The van der Waals surface area contributed by atoms with Crippen molar-refractivity contribution < 1.29 is 14.0 Å². The van der Waals surface area contributed by atoms with E-state index < -0.39 is 17.6 Å². The summed E-state index contributed by atoms with van der Waals surface area (Å²) in [5, 5.41) is 7.14.